The molecule has 4 atom stereocenters. The van der Waals surface area contributed by atoms with Gasteiger partial charge in [-0.15, -0.1) is 0 Å². The number of hydrogen-bond donors (Lipinski definition) is 6. The van der Waals surface area contributed by atoms with Crippen LogP contribution in [-0.2, 0) is 18.2 Å². The van der Waals surface area contributed by atoms with E-state index in [9.17, 15) is 19.3 Å². The third kappa shape index (κ3) is 18.6. The monoisotopic (exact) mass is 462 g/mol. The Bertz CT molecular complexity index is 514. The van der Waals surface area contributed by atoms with E-state index in [1.165, 1.54) is 0 Å². The summed E-state index contributed by atoms with van der Waals surface area (Å²) in [6, 6.07) is 0. The zero-order chi connectivity index (χ0) is 22.9. The summed E-state index contributed by atoms with van der Waals surface area (Å²) in [6.07, 6.45) is 3.94. The second-order valence-electron chi connectivity index (χ2n) is 8.85. The van der Waals surface area contributed by atoms with Gasteiger partial charge in [0.15, 0.2) is 0 Å². The van der Waals surface area contributed by atoms with Crippen LogP contribution in [0.4, 0.5) is 0 Å². The molecule has 8 N–H and O–H groups in total. The van der Waals surface area contributed by atoms with E-state index >= 15 is 0 Å². The van der Waals surface area contributed by atoms with Crippen molar-refractivity contribution in [3.63, 3.8) is 0 Å². The van der Waals surface area contributed by atoms with Gasteiger partial charge < -0.3 is 20.0 Å². The van der Waals surface area contributed by atoms with E-state index in [4.69, 9.17) is 29.8 Å². The highest BCUT2D eigenvalue weighted by Crippen LogP contribution is 2.40. The lowest BCUT2D eigenvalue weighted by atomic mass is 9.96. The fraction of sp³-hybridized carbons (Fsp3) is 1.00. The predicted octanol–water partition coefficient (Wildman–Crippen LogP) is 2.93. The molecule has 0 aromatic heterocycles. The Labute approximate surface area is 174 Å². The van der Waals surface area contributed by atoms with E-state index in [1.54, 1.807) is 27.7 Å². The lowest BCUT2D eigenvalue weighted by molar-refractivity contribution is 0.0706. The molecule has 0 heterocycles. The summed E-state index contributed by atoms with van der Waals surface area (Å²) < 4.78 is 32.1. The SMILES string of the molecule is CC(C)(CCCC(O)CCCC(O)CCCC(C)(C)OP(N)(=O)O)OP(N)(=O)O. The van der Waals surface area contributed by atoms with Crippen molar-refractivity contribution < 1.29 is 38.2 Å². The maximum absolute atomic E-state index is 11.1. The molecule has 0 aromatic rings. The third-order valence-corrected chi connectivity index (χ3v) is 5.97. The third-order valence-electron chi connectivity index (χ3n) is 4.46. The second kappa shape index (κ2) is 12.2. The smallest absolute Gasteiger partial charge is 0.393 e. The second-order valence-corrected chi connectivity index (χ2v) is 11.5. The van der Waals surface area contributed by atoms with Gasteiger partial charge in [-0.05, 0) is 85.5 Å². The van der Waals surface area contributed by atoms with Gasteiger partial charge >= 0.3 is 15.5 Å². The molecule has 0 saturated carbocycles. The highest BCUT2D eigenvalue weighted by molar-refractivity contribution is 7.50. The lowest BCUT2D eigenvalue weighted by Gasteiger charge is -2.26. The summed E-state index contributed by atoms with van der Waals surface area (Å²) in [6.45, 7) is 6.69. The van der Waals surface area contributed by atoms with Crippen molar-refractivity contribution in [3.05, 3.63) is 0 Å². The van der Waals surface area contributed by atoms with Crippen LogP contribution in [-0.4, -0.2) is 43.4 Å². The van der Waals surface area contributed by atoms with E-state index in [0.717, 1.165) is 0 Å². The molecule has 0 aliphatic carbocycles. The van der Waals surface area contributed by atoms with E-state index < -0.39 is 38.9 Å². The summed E-state index contributed by atoms with van der Waals surface area (Å²) >= 11 is 0. The molecular weight excluding hydrogens is 422 g/mol. The molecule has 4 unspecified atom stereocenters. The summed E-state index contributed by atoms with van der Waals surface area (Å²) in [4.78, 5) is 18.2. The van der Waals surface area contributed by atoms with Crippen LogP contribution in [0, 0.1) is 0 Å². The molecule has 0 fully saturated rings. The van der Waals surface area contributed by atoms with Gasteiger partial charge in [0, 0.05) is 0 Å². The highest BCUT2D eigenvalue weighted by atomic mass is 31.2. The van der Waals surface area contributed by atoms with E-state index in [1.807, 2.05) is 0 Å². The topological polar surface area (TPSA) is 186 Å². The van der Waals surface area contributed by atoms with Crippen LogP contribution in [0.1, 0.15) is 85.5 Å². The molecule has 29 heavy (non-hydrogen) atoms. The minimum atomic E-state index is -4.04. The van der Waals surface area contributed by atoms with Crippen LogP contribution in [0.3, 0.4) is 0 Å². The van der Waals surface area contributed by atoms with Gasteiger partial charge in [0.25, 0.3) is 0 Å². The maximum Gasteiger partial charge on any atom is 0.400 e. The molecule has 0 aromatic carbocycles. The summed E-state index contributed by atoms with van der Waals surface area (Å²) in [5.74, 6) is 0. The average Bonchev–Trinajstić information content (AvgIpc) is 2.41. The van der Waals surface area contributed by atoms with Gasteiger partial charge in [-0.25, -0.2) is 20.1 Å². The molecule has 176 valence electrons. The zero-order valence-corrected chi connectivity index (χ0v) is 19.8. The average molecular weight is 462 g/mol. The van der Waals surface area contributed by atoms with Crippen molar-refractivity contribution in [2.45, 2.75) is 109 Å². The molecule has 0 bridgehead atoms. The fourth-order valence-corrected chi connectivity index (χ4v) is 4.80. The quantitative estimate of drug-likeness (QED) is 0.186. The molecule has 0 saturated heterocycles. The normalized spacial score (nSPS) is 19.4. The molecule has 12 heteroatoms. The van der Waals surface area contributed by atoms with Gasteiger partial charge in [-0.2, -0.15) is 0 Å². The molecule has 10 nitrogen and oxygen atoms in total. The first-order valence-electron chi connectivity index (χ1n) is 9.91. The molecule has 0 aliphatic rings. The fourth-order valence-electron chi connectivity index (χ4n) is 3.20. The van der Waals surface area contributed by atoms with E-state index in [0.29, 0.717) is 57.8 Å². The van der Waals surface area contributed by atoms with Crippen LogP contribution in [0.2, 0.25) is 0 Å². The molecule has 0 radical (unpaired) electrons. The summed E-state index contributed by atoms with van der Waals surface area (Å²) in [5, 5.41) is 20.1. The highest BCUT2D eigenvalue weighted by Gasteiger charge is 2.28. The van der Waals surface area contributed by atoms with E-state index in [-0.39, 0.29) is 0 Å². The van der Waals surface area contributed by atoms with Crippen molar-refractivity contribution in [3.8, 4) is 0 Å². The minimum absolute atomic E-state index is 0.482. The van der Waals surface area contributed by atoms with Crippen molar-refractivity contribution in [1.82, 2.24) is 0 Å². The van der Waals surface area contributed by atoms with Crippen LogP contribution in [0.25, 0.3) is 0 Å². The van der Waals surface area contributed by atoms with Crippen LogP contribution in [0.5, 0.6) is 0 Å². The van der Waals surface area contributed by atoms with Gasteiger partial charge in [0.2, 0.25) is 0 Å². The first-order valence-corrected chi connectivity index (χ1v) is 13.2. The Morgan fingerprint density at radius 2 is 1.00 bits per heavy atom. The number of aliphatic hydroxyl groups is 2. The zero-order valence-electron chi connectivity index (χ0n) is 18.0. The standard InChI is InChI=1S/C17H40N2O8P2/c1-16(2,26-28(18,22)23)12-6-10-14(20)8-5-9-15(21)11-7-13-17(3,4)27-29(19,24)25/h14-15,20-21H,5-13H2,1-4H3,(H3,18,22,23)(H3,19,24,25). The first kappa shape index (κ1) is 29.1. The Morgan fingerprint density at radius 1 is 0.724 bits per heavy atom. The largest absolute Gasteiger partial charge is 0.400 e. The molecule has 0 aliphatic heterocycles. The minimum Gasteiger partial charge on any atom is -0.393 e. The Kier molecular flexibility index (Phi) is 12.3. The Balaban J connectivity index is 3.95. The predicted molar refractivity (Wildman–Crippen MR) is 112 cm³/mol. The number of hydrogen-bond acceptors (Lipinski definition) is 6. The van der Waals surface area contributed by atoms with Crippen molar-refractivity contribution in [1.29, 1.82) is 0 Å². The van der Waals surface area contributed by atoms with Crippen molar-refractivity contribution in [2.24, 2.45) is 11.0 Å². The number of rotatable bonds is 16. The van der Waals surface area contributed by atoms with Gasteiger partial charge in [-0.3, -0.25) is 9.05 Å². The summed E-state index contributed by atoms with van der Waals surface area (Å²) in [7, 11) is -8.08. The van der Waals surface area contributed by atoms with Gasteiger partial charge in [0.1, 0.15) is 0 Å². The summed E-state index contributed by atoms with van der Waals surface area (Å²) in [5.41, 5.74) is 8.33. The number of nitrogens with two attached hydrogens (primary N) is 2. The van der Waals surface area contributed by atoms with Crippen LogP contribution >= 0.6 is 15.5 Å². The Morgan fingerprint density at radius 3 is 1.28 bits per heavy atom. The van der Waals surface area contributed by atoms with Crippen LogP contribution in [0.15, 0.2) is 0 Å². The molecular formula is C17H40N2O8P2. The van der Waals surface area contributed by atoms with Crippen LogP contribution < -0.4 is 11.0 Å². The Hall–Kier alpha value is 0.140. The lowest BCUT2D eigenvalue weighted by Crippen LogP contribution is -2.25. The van der Waals surface area contributed by atoms with Crippen molar-refractivity contribution in [2.75, 3.05) is 0 Å². The first-order chi connectivity index (χ1) is 12.9. The maximum atomic E-state index is 11.1. The molecule has 0 rings (SSSR count). The van der Waals surface area contributed by atoms with Gasteiger partial charge in [0.05, 0.1) is 23.4 Å². The number of aliphatic hydroxyl groups excluding tert-OH is 2. The van der Waals surface area contributed by atoms with E-state index in [2.05, 4.69) is 0 Å². The molecule has 0 spiro atoms. The van der Waals surface area contributed by atoms with Crippen molar-refractivity contribution >= 4 is 15.5 Å². The van der Waals surface area contributed by atoms with Gasteiger partial charge in [-0.1, -0.05) is 0 Å². The molecule has 0 amide bonds.